The van der Waals surface area contributed by atoms with E-state index in [1.165, 1.54) is 0 Å². The Labute approximate surface area is 178 Å². The first-order chi connectivity index (χ1) is 14.4. The Morgan fingerprint density at radius 3 is 2.57 bits per heavy atom. The number of Topliss-reactive ketones (excluding diaryl/α,β-unsaturated/α-hetero) is 1. The van der Waals surface area contributed by atoms with Gasteiger partial charge < -0.3 is 19.3 Å². The molecule has 4 rings (SSSR count). The van der Waals surface area contributed by atoms with E-state index < -0.39 is 0 Å². The standard InChI is InChI=1S/C24H32N2O4/c1-15-6-8-16(9-7-15)21-20-22(27)18-11-10-17(29-4)14-19(18)30-23(20)24(28)26(21)13-5-12-25(2)3/h6-9,17-19,21H,5,10-14H2,1-4H3. The molecule has 1 saturated carbocycles. The lowest BCUT2D eigenvalue weighted by molar-refractivity contribution is -0.138. The molecule has 1 fully saturated rings. The third-order valence-corrected chi connectivity index (χ3v) is 6.63. The largest absolute Gasteiger partial charge is 0.483 e. The predicted molar refractivity (Wildman–Crippen MR) is 114 cm³/mol. The van der Waals surface area contributed by atoms with Gasteiger partial charge in [-0.25, -0.2) is 0 Å². The minimum Gasteiger partial charge on any atom is -0.483 e. The number of amides is 1. The van der Waals surface area contributed by atoms with Crippen molar-refractivity contribution in [2.24, 2.45) is 5.92 Å². The van der Waals surface area contributed by atoms with E-state index in [1.54, 1.807) is 7.11 Å². The molecule has 0 N–H and O–H groups in total. The van der Waals surface area contributed by atoms with Gasteiger partial charge in [-0.15, -0.1) is 0 Å². The Kier molecular flexibility index (Phi) is 5.98. The van der Waals surface area contributed by atoms with Crippen molar-refractivity contribution < 1.29 is 19.1 Å². The first-order valence-corrected chi connectivity index (χ1v) is 10.9. The van der Waals surface area contributed by atoms with Gasteiger partial charge >= 0.3 is 0 Å². The fourth-order valence-electron chi connectivity index (χ4n) is 4.97. The second-order valence-corrected chi connectivity index (χ2v) is 9.01. The fraction of sp³-hybridized carbons (Fsp3) is 0.583. The van der Waals surface area contributed by atoms with E-state index in [2.05, 4.69) is 4.90 Å². The summed E-state index contributed by atoms with van der Waals surface area (Å²) >= 11 is 0. The zero-order chi connectivity index (χ0) is 21.4. The normalized spacial score (nSPS) is 28.6. The minimum absolute atomic E-state index is 0.0850. The molecule has 0 bridgehead atoms. The number of methoxy groups -OCH3 is 1. The van der Waals surface area contributed by atoms with Crippen molar-refractivity contribution >= 4 is 11.7 Å². The number of ketones is 1. The highest BCUT2D eigenvalue weighted by molar-refractivity contribution is 6.11. The average Bonchev–Trinajstić information content (AvgIpc) is 3.00. The van der Waals surface area contributed by atoms with Crippen LogP contribution in [0.4, 0.5) is 0 Å². The molecule has 2 aliphatic heterocycles. The smallest absolute Gasteiger partial charge is 0.290 e. The highest BCUT2D eigenvalue weighted by Crippen LogP contribution is 2.47. The summed E-state index contributed by atoms with van der Waals surface area (Å²) in [4.78, 5) is 30.9. The second-order valence-electron chi connectivity index (χ2n) is 9.01. The van der Waals surface area contributed by atoms with E-state index in [9.17, 15) is 9.59 Å². The molecule has 6 heteroatoms. The number of nitrogens with zero attached hydrogens (tertiary/aromatic N) is 2. The van der Waals surface area contributed by atoms with Gasteiger partial charge in [-0.1, -0.05) is 29.8 Å². The Bertz CT molecular complexity index is 845. The summed E-state index contributed by atoms with van der Waals surface area (Å²) in [6.07, 6.45) is 2.92. The first kappa shape index (κ1) is 21.1. The van der Waals surface area contributed by atoms with Crippen molar-refractivity contribution in [2.75, 3.05) is 34.3 Å². The summed E-state index contributed by atoms with van der Waals surface area (Å²) in [5, 5.41) is 0. The van der Waals surface area contributed by atoms with Crippen LogP contribution in [0.5, 0.6) is 0 Å². The Morgan fingerprint density at radius 1 is 1.17 bits per heavy atom. The molecule has 162 valence electrons. The fourth-order valence-corrected chi connectivity index (χ4v) is 4.97. The van der Waals surface area contributed by atoms with Crippen molar-refractivity contribution in [3.8, 4) is 0 Å². The summed E-state index contributed by atoms with van der Waals surface area (Å²) in [5.41, 5.74) is 2.69. The summed E-state index contributed by atoms with van der Waals surface area (Å²) < 4.78 is 11.7. The van der Waals surface area contributed by atoms with Gasteiger partial charge in [0.05, 0.1) is 23.6 Å². The summed E-state index contributed by atoms with van der Waals surface area (Å²) in [6.45, 7) is 3.51. The van der Waals surface area contributed by atoms with Crippen LogP contribution in [-0.2, 0) is 19.1 Å². The van der Waals surface area contributed by atoms with Crippen LogP contribution in [0.2, 0.25) is 0 Å². The van der Waals surface area contributed by atoms with Crippen LogP contribution >= 0.6 is 0 Å². The number of rotatable bonds is 6. The van der Waals surface area contributed by atoms with E-state index in [0.29, 0.717) is 18.5 Å². The molecule has 0 spiro atoms. The molecule has 6 nitrogen and oxygen atoms in total. The van der Waals surface area contributed by atoms with Crippen LogP contribution in [0.3, 0.4) is 0 Å². The highest BCUT2D eigenvalue weighted by atomic mass is 16.5. The topological polar surface area (TPSA) is 59.1 Å². The van der Waals surface area contributed by atoms with E-state index in [4.69, 9.17) is 9.47 Å². The number of hydrogen-bond acceptors (Lipinski definition) is 5. The maximum Gasteiger partial charge on any atom is 0.290 e. The van der Waals surface area contributed by atoms with E-state index in [-0.39, 0.29) is 41.6 Å². The molecule has 0 aromatic heterocycles. The SMILES string of the molecule is COC1CCC2C(=O)C3=C(OC2C1)C(=O)N(CCCN(C)C)C3c1ccc(C)cc1. The maximum atomic E-state index is 13.6. The third-order valence-electron chi connectivity index (χ3n) is 6.63. The zero-order valence-corrected chi connectivity index (χ0v) is 18.4. The minimum atomic E-state index is -0.358. The van der Waals surface area contributed by atoms with Crippen LogP contribution in [0.1, 0.15) is 42.9 Å². The molecule has 3 aliphatic rings. The second kappa shape index (κ2) is 8.52. The van der Waals surface area contributed by atoms with E-state index >= 15 is 0 Å². The third kappa shape index (κ3) is 3.79. The van der Waals surface area contributed by atoms with Crippen molar-refractivity contribution in [1.29, 1.82) is 0 Å². The molecule has 30 heavy (non-hydrogen) atoms. The van der Waals surface area contributed by atoms with Crippen molar-refractivity contribution in [3.63, 3.8) is 0 Å². The Hall–Kier alpha value is -2.18. The number of ether oxygens (including phenoxy) is 2. The molecule has 2 heterocycles. The van der Waals surface area contributed by atoms with Crippen molar-refractivity contribution in [1.82, 2.24) is 9.80 Å². The van der Waals surface area contributed by atoms with Gasteiger partial charge in [0.15, 0.2) is 11.5 Å². The van der Waals surface area contributed by atoms with E-state index in [1.807, 2.05) is 50.2 Å². The quantitative estimate of drug-likeness (QED) is 0.719. The Balaban J connectivity index is 1.68. The maximum absolute atomic E-state index is 13.6. The first-order valence-electron chi connectivity index (χ1n) is 10.9. The monoisotopic (exact) mass is 412 g/mol. The molecule has 0 saturated heterocycles. The molecule has 1 aliphatic carbocycles. The van der Waals surface area contributed by atoms with E-state index in [0.717, 1.165) is 36.9 Å². The zero-order valence-electron chi connectivity index (χ0n) is 18.4. The van der Waals surface area contributed by atoms with Gasteiger partial charge in [0.2, 0.25) is 0 Å². The number of benzene rings is 1. The summed E-state index contributed by atoms with van der Waals surface area (Å²) in [5.74, 6) is 0.0246. The van der Waals surface area contributed by atoms with Crippen LogP contribution in [0.25, 0.3) is 0 Å². The van der Waals surface area contributed by atoms with Crippen LogP contribution in [0, 0.1) is 12.8 Å². The average molecular weight is 413 g/mol. The molecule has 4 unspecified atom stereocenters. The molecule has 0 radical (unpaired) electrons. The van der Waals surface area contributed by atoms with Crippen LogP contribution in [0.15, 0.2) is 35.6 Å². The van der Waals surface area contributed by atoms with Gasteiger partial charge in [0.1, 0.15) is 6.10 Å². The summed E-state index contributed by atoms with van der Waals surface area (Å²) in [6, 6.07) is 7.78. The number of hydrogen-bond donors (Lipinski definition) is 0. The molecule has 1 aromatic rings. The number of carbonyl (C=O) groups is 2. The molecule has 1 aromatic carbocycles. The van der Waals surface area contributed by atoms with Gasteiger partial charge in [0, 0.05) is 20.1 Å². The van der Waals surface area contributed by atoms with Crippen LogP contribution < -0.4 is 0 Å². The lowest BCUT2D eigenvalue weighted by atomic mass is 9.76. The van der Waals surface area contributed by atoms with Gasteiger partial charge in [-0.3, -0.25) is 9.59 Å². The van der Waals surface area contributed by atoms with Gasteiger partial charge in [-0.2, -0.15) is 0 Å². The molecular formula is C24H32N2O4. The van der Waals surface area contributed by atoms with Crippen molar-refractivity contribution in [2.45, 2.75) is 50.9 Å². The van der Waals surface area contributed by atoms with Crippen molar-refractivity contribution in [3.05, 3.63) is 46.7 Å². The van der Waals surface area contributed by atoms with Crippen LogP contribution in [-0.4, -0.2) is 68.0 Å². The highest BCUT2D eigenvalue weighted by Gasteiger charge is 2.52. The van der Waals surface area contributed by atoms with Gasteiger partial charge in [-0.05, 0) is 52.4 Å². The lowest BCUT2D eigenvalue weighted by Crippen LogP contribution is -2.43. The number of fused-ring (bicyclic) bond motifs is 1. The molecule has 1 amide bonds. The number of aryl methyl sites for hydroxylation is 1. The lowest BCUT2D eigenvalue weighted by Gasteiger charge is -2.38. The Morgan fingerprint density at radius 2 is 1.90 bits per heavy atom. The van der Waals surface area contributed by atoms with Gasteiger partial charge in [0.25, 0.3) is 5.91 Å². The number of carbonyl (C=O) groups excluding carboxylic acids is 2. The molecular weight excluding hydrogens is 380 g/mol. The predicted octanol–water partition coefficient (Wildman–Crippen LogP) is 2.87. The summed E-state index contributed by atoms with van der Waals surface area (Å²) in [7, 11) is 5.74. The molecule has 4 atom stereocenters.